The van der Waals surface area contributed by atoms with E-state index >= 15 is 0 Å². The Kier molecular flexibility index (Phi) is 7.11. The minimum Gasteiger partial charge on any atom is -0.356 e. The van der Waals surface area contributed by atoms with Gasteiger partial charge in [0.25, 0.3) is 0 Å². The Morgan fingerprint density at radius 1 is 0.967 bits per heavy atom. The highest BCUT2D eigenvalue weighted by molar-refractivity contribution is 7.92. The van der Waals surface area contributed by atoms with Crippen LogP contribution in [0.25, 0.3) is 10.8 Å². The van der Waals surface area contributed by atoms with Crippen LogP contribution in [0.5, 0.6) is 0 Å². The fourth-order valence-electron chi connectivity index (χ4n) is 3.46. The smallest absolute Gasteiger partial charge is 0.232 e. The first-order chi connectivity index (χ1) is 14.3. The number of anilines is 1. The number of carbonyl (C=O) groups excluding carboxylic acids is 1. The fourth-order valence-corrected chi connectivity index (χ4v) is 4.41. The summed E-state index contributed by atoms with van der Waals surface area (Å²) >= 11 is 0. The van der Waals surface area contributed by atoms with E-state index in [2.05, 4.69) is 12.2 Å². The number of nitrogens with one attached hydrogen (secondary N) is 1. The molecule has 3 aromatic carbocycles. The maximum Gasteiger partial charge on any atom is 0.232 e. The standard InChI is InChI=1S/C24H28N2O3S/c1-19(20-9-4-3-5-10-20)18-25-24(27)13-8-16-26(30(2,28)29)23-15-14-21-11-6-7-12-22(21)17-23/h3-7,9-12,14-15,17,19H,8,13,16,18H2,1-2H3,(H,25,27)/t19-/m0/s1. The predicted molar refractivity (Wildman–Crippen MR) is 123 cm³/mol. The molecule has 3 rings (SSSR count). The van der Waals surface area contributed by atoms with Crippen molar-refractivity contribution < 1.29 is 13.2 Å². The lowest BCUT2D eigenvalue weighted by molar-refractivity contribution is -0.121. The van der Waals surface area contributed by atoms with Crippen LogP contribution in [0.2, 0.25) is 0 Å². The highest BCUT2D eigenvalue weighted by atomic mass is 32.2. The molecule has 30 heavy (non-hydrogen) atoms. The molecule has 0 aliphatic rings. The van der Waals surface area contributed by atoms with Crippen molar-refractivity contribution in [3.8, 4) is 0 Å². The minimum atomic E-state index is -3.44. The molecule has 158 valence electrons. The molecule has 0 bridgehead atoms. The SMILES string of the molecule is C[C@@H](CNC(=O)CCCN(c1ccc2ccccc2c1)S(C)(=O)=O)c1ccccc1. The fraction of sp³-hybridized carbons (Fsp3) is 0.292. The van der Waals surface area contributed by atoms with Gasteiger partial charge < -0.3 is 5.32 Å². The first-order valence-corrected chi connectivity index (χ1v) is 12.0. The van der Waals surface area contributed by atoms with Crippen molar-refractivity contribution in [2.45, 2.75) is 25.7 Å². The number of hydrogen-bond donors (Lipinski definition) is 1. The van der Waals surface area contributed by atoms with Crippen molar-refractivity contribution in [1.82, 2.24) is 5.32 Å². The molecule has 1 amide bonds. The molecule has 0 heterocycles. The van der Waals surface area contributed by atoms with E-state index in [4.69, 9.17) is 0 Å². The van der Waals surface area contributed by atoms with Crippen molar-refractivity contribution in [3.05, 3.63) is 78.4 Å². The summed E-state index contributed by atoms with van der Waals surface area (Å²) in [5.41, 5.74) is 1.80. The largest absolute Gasteiger partial charge is 0.356 e. The van der Waals surface area contributed by atoms with Gasteiger partial charge in [-0.15, -0.1) is 0 Å². The summed E-state index contributed by atoms with van der Waals surface area (Å²) in [5, 5.41) is 4.99. The molecule has 6 heteroatoms. The van der Waals surface area contributed by atoms with Gasteiger partial charge in [0.2, 0.25) is 15.9 Å². The lowest BCUT2D eigenvalue weighted by atomic mass is 10.0. The van der Waals surface area contributed by atoms with Gasteiger partial charge >= 0.3 is 0 Å². The highest BCUT2D eigenvalue weighted by Gasteiger charge is 2.18. The Morgan fingerprint density at radius 2 is 1.63 bits per heavy atom. The number of fused-ring (bicyclic) bond motifs is 1. The Hall–Kier alpha value is -2.86. The Bertz CT molecular complexity index is 1100. The molecule has 0 aromatic heterocycles. The number of rotatable bonds is 9. The minimum absolute atomic E-state index is 0.0651. The average molecular weight is 425 g/mol. The first kappa shape index (κ1) is 21.8. The van der Waals surface area contributed by atoms with Gasteiger partial charge in [-0.25, -0.2) is 8.42 Å². The quantitative estimate of drug-likeness (QED) is 0.557. The number of amides is 1. The third-order valence-corrected chi connectivity index (χ3v) is 6.35. The third-order valence-electron chi connectivity index (χ3n) is 5.16. The van der Waals surface area contributed by atoms with Crippen LogP contribution in [0.3, 0.4) is 0 Å². The molecule has 0 saturated carbocycles. The second-order valence-electron chi connectivity index (χ2n) is 7.59. The van der Waals surface area contributed by atoms with Crippen LogP contribution in [0.15, 0.2) is 72.8 Å². The third kappa shape index (κ3) is 5.83. The zero-order valence-corrected chi connectivity index (χ0v) is 18.2. The lowest BCUT2D eigenvalue weighted by Gasteiger charge is -2.23. The Balaban J connectivity index is 1.56. The zero-order chi connectivity index (χ0) is 21.6. The van der Waals surface area contributed by atoms with Crippen molar-refractivity contribution in [1.29, 1.82) is 0 Å². The predicted octanol–water partition coefficient (Wildman–Crippen LogP) is 4.31. The van der Waals surface area contributed by atoms with Gasteiger partial charge in [-0.05, 0) is 40.8 Å². The summed E-state index contributed by atoms with van der Waals surface area (Å²) in [7, 11) is -3.44. The van der Waals surface area contributed by atoms with Crippen LogP contribution in [-0.2, 0) is 14.8 Å². The molecule has 1 atom stereocenters. The second-order valence-corrected chi connectivity index (χ2v) is 9.49. The molecule has 0 aliphatic carbocycles. The van der Waals surface area contributed by atoms with Crippen LogP contribution >= 0.6 is 0 Å². The van der Waals surface area contributed by atoms with Crippen LogP contribution in [-0.4, -0.2) is 33.7 Å². The normalized spacial score (nSPS) is 12.5. The van der Waals surface area contributed by atoms with Crippen molar-refractivity contribution in [2.24, 2.45) is 0 Å². The lowest BCUT2D eigenvalue weighted by Crippen LogP contribution is -2.32. The van der Waals surface area contributed by atoms with Gasteiger partial charge in [0.1, 0.15) is 0 Å². The summed E-state index contributed by atoms with van der Waals surface area (Å²) in [6, 6.07) is 23.5. The van der Waals surface area contributed by atoms with E-state index in [0.29, 0.717) is 18.7 Å². The maximum atomic E-state index is 12.3. The van der Waals surface area contributed by atoms with Gasteiger partial charge in [-0.2, -0.15) is 0 Å². The summed E-state index contributed by atoms with van der Waals surface area (Å²) in [6.45, 7) is 2.89. The van der Waals surface area contributed by atoms with E-state index in [0.717, 1.165) is 10.8 Å². The van der Waals surface area contributed by atoms with Crippen molar-refractivity contribution in [3.63, 3.8) is 0 Å². The van der Waals surface area contributed by atoms with E-state index in [1.807, 2.05) is 72.8 Å². The van der Waals surface area contributed by atoms with E-state index in [1.54, 1.807) is 0 Å². The molecular formula is C24H28N2O3S. The van der Waals surface area contributed by atoms with E-state index < -0.39 is 10.0 Å². The number of nitrogens with zero attached hydrogens (tertiary/aromatic N) is 1. The molecule has 0 saturated heterocycles. The zero-order valence-electron chi connectivity index (χ0n) is 17.4. The first-order valence-electron chi connectivity index (χ1n) is 10.1. The summed E-state index contributed by atoms with van der Waals surface area (Å²) in [5.74, 6) is 0.157. The molecule has 0 aliphatic heterocycles. The van der Waals surface area contributed by atoms with Crippen LogP contribution in [0, 0.1) is 0 Å². The van der Waals surface area contributed by atoms with Gasteiger partial charge in [0, 0.05) is 19.5 Å². The monoisotopic (exact) mass is 424 g/mol. The topological polar surface area (TPSA) is 66.5 Å². The summed E-state index contributed by atoms with van der Waals surface area (Å²) in [4.78, 5) is 12.2. The van der Waals surface area contributed by atoms with Crippen molar-refractivity contribution in [2.75, 3.05) is 23.7 Å². The molecule has 0 fully saturated rings. The number of carbonyl (C=O) groups is 1. The van der Waals surface area contributed by atoms with E-state index in [9.17, 15) is 13.2 Å². The number of sulfonamides is 1. The number of benzene rings is 3. The summed E-state index contributed by atoms with van der Waals surface area (Å²) in [6.07, 6.45) is 1.93. The van der Waals surface area contributed by atoms with Gasteiger partial charge in [0.15, 0.2) is 0 Å². The van der Waals surface area contributed by atoms with Gasteiger partial charge in [-0.3, -0.25) is 9.10 Å². The van der Waals surface area contributed by atoms with E-state index in [1.165, 1.54) is 16.1 Å². The Labute approximate surface area is 178 Å². The maximum absolute atomic E-state index is 12.3. The second kappa shape index (κ2) is 9.76. The molecular weight excluding hydrogens is 396 g/mol. The highest BCUT2D eigenvalue weighted by Crippen LogP contribution is 2.24. The summed E-state index contributed by atoms with van der Waals surface area (Å²) < 4.78 is 26.1. The van der Waals surface area contributed by atoms with E-state index in [-0.39, 0.29) is 24.8 Å². The average Bonchev–Trinajstić information content (AvgIpc) is 2.74. The Morgan fingerprint density at radius 3 is 2.33 bits per heavy atom. The molecule has 0 unspecified atom stereocenters. The molecule has 5 nitrogen and oxygen atoms in total. The molecule has 0 spiro atoms. The van der Waals surface area contributed by atoms with Crippen LogP contribution < -0.4 is 9.62 Å². The molecule has 1 N–H and O–H groups in total. The van der Waals surface area contributed by atoms with Crippen LogP contribution in [0.4, 0.5) is 5.69 Å². The molecule has 0 radical (unpaired) electrons. The van der Waals surface area contributed by atoms with Crippen molar-refractivity contribution >= 4 is 32.4 Å². The molecule has 3 aromatic rings. The van der Waals surface area contributed by atoms with Crippen LogP contribution in [0.1, 0.15) is 31.2 Å². The number of hydrogen-bond acceptors (Lipinski definition) is 3. The van der Waals surface area contributed by atoms with Gasteiger partial charge in [0.05, 0.1) is 11.9 Å². The van der Waals surface area contributed by atoms with Gasteiger partial charge in [-0.1, -0.05) is 67.6 Å².